The zero-order valence-electron chi connectivity index (χ0n) is 13.9. The molecule has 0 aliphatic carbocycles. The van der Waals surface area contributed by atoms with E-state index in [1.807, 2.05) is 0 Å². The molecular weight excluding hydrogens is 302 g/mol. The number of benzene rings is 1. The Morgan fingerprint density at radius 3 is 2.04 bits per heavy atom. The molecule has 1 aromatic carbocycles. The largest absolute Gasteiger partial charge is 0.493 e. The molecular formula is C15H21N3O5. The second-order valence-electron chi connectivity index (χ2n) is 4.69. The van der Waals surface area contributed by atoms with Gasteiger partial charge in [0, 0.05) is 11.3 Å². The molecule has 0 bridgehead atoms. The van der Waals surface area contributed by atoms with Crippen LogP contribution in [0.1, 0.15) is 24.2 Å². The first-order chi connectivity index (χ1) is 10.9. The molecule has 0 unspecified atom stereocenters. The van der Waals surface area contributed by atoms with Crippen LogP contribution in [0.25, 0.3) is 0 Å². The van der Waals surface area contributed by atoms with Gasteiger partial charge < -0.3 is 19.5 Å². The average Bonchev–Trinajstić information content (AvgIpc) is 2.56. The fraction of sp³-hybridized carbons (Fsp3) is 0.400. The number of amides is 2. The molecule has 1 aromatic rings. The molecule has 0 saturated carbocycles. The maximum atomic E-state index is 12.1. The summed E-state index contributed by atoms with van der Waals surface area (Å²) >= 11 is 0. The Kier molecular flexibility index (Phi) is 6.85. The fourth-order valence-electron chi connectivity index (χ4n) is 1.69. The molecule has 0 radical (unpaired) electrons. The lowest BCUT2D eigenvalue weighted by atomic mass is 10.1. The van der Waals surface area contributed by atoms with E-state index in [1.165, 1.54) is 33.5 Å². The van der Waals surface area contributed by atoms with E-state index in [4.69, 9.17) is 14.2 Å². The fourth-order valence-corrected chi connectivity index (χ4v) is 1.69. The second-order valence-corrected chi connectivity index (χ2v) is 4.69. The molecule has 0 spiro atoms. The molecule has 2 N–H and O–H groups in total. The van der Waals surface area contributed by atoms with Crippen LogP contribution in [0.4, 0.5) is 0 Å². The highest BCUT2D eigenvalue weighted by molar-refractivity contribution is 5.97. The maximum Gasteiger partial charge on any atom is 0.259 e. The molecule has 0 fully saturated rings. The van der Waals surface area contributed by atoms with E-state index in [1.54, 1.807) is 13.8 Å². The second kappa shape index (κ2) is 8.62. The van der Waals surface area contributed by atoms with Gasteiger partial charge in [0.15, 0.2) is 11.5 Å². The van der Waals surface area contributed by atoms with Gasteiger partial charge in [-0.2, -0.15) is 5.10 Å². The van der Waals surface area contributed by atoms with Crippen LogP contribution < -0.4 is 25.0 Å². The van der Waals surface area contributed by atoms with Gasteiger partial charge in [-0.25, -0.2) is 5.43 Å². The molecule has 8 heteroatoms. The van der Waals surface area contributed by atoms with E-state index in [0.717, 1.165) is 0 Å². The molecule has 0 aromatic heterocycles. The maximum absolute atomic E-state index is 12.1. The summed E-state index contributed by atoms with van der Waals surface area (Å²) in [6.45, 7) is 3.29. The first-order valence-electron chi connectivity index (χ1n) is 6.80. The Hall–Kier alpha value is -2.77. The Labute approximate surface area is 134 Å². The molecule has 0 heterocycles. The highest BCUT2D eigenvalue weighted by atomic mass is 16.5. The highest BCUT2D eigenvalue weighted by Gasteiger charge is 2.17. The van der Waals surface area contributed by atoms with E-state index in [2.05, 4.69) is 15.8 Å². The monoisotopic (exact) mass is 323 g/mol. The van der Waals surface area contributed by atoms with Gasteiger partial charge in [-0.15, -0.1) is 0 Å². The Morgan fingerprint density at radius 2 is 1.61 bits per heavy atom. The van der Waals surface area contributed by atoms with E-state index in [-0.39, 0.29) is 12.1 Å². The quantitative estimate of drug-likeness (QED) is 0.575. The smallest absolute Gasteiger partial charge is 0.259 e. The third-order valence-corrected chi connectivity index (χ3v) is 2.74. The lowest BCUT2D eigenvalue weighted by Crippen LogP contribution is -2.35. The number of methoxy groups -OCH3 is 3. The van der Waals surface area contributed by atoms with Crippen LogP contribution in [0.3, 0.4) is 0 Å². The van der Waals surface area contributed by atoms with Crippen LogP contribution in [-0.4, -0.2) is 45.4 Å². The SMILES string of the molecule is COc1cc(C(=O)NCC(=O)NN=C(C)C)cc(OC)c1OC. The summed E-state index contributed by atoms with van der Waals surface area (Å²) in [4.78, 5) is 23.7. The van der Waals surface area contributed by atoms with Crippen molar-refractivity contribution in [1.29, 1.82) is 0 Å². The average molecular weight is 323 g/mol. The van der Waals surface area contributed by atoms with Crippen molar-refractivity contribution >= 4 is 17.5 Å². The first kappa shape index (κ1) is 18.3. The zero-order valence-corrected chi connectivity index (χ0v) is 13.9. The van der Waals surface area contributed by atoms with Gasteiger partial charge in [-0.3, -0.25) is 9.59 Å². The Morgan fingerprint density at radius 1 is 1.04 bits per heavy atom. The third kappa shape index (κ3) is 5.17. The first-order valence-corrected chi connectivity index (χ1v) is 6.80. The highest BCUT2D eigenvalue weighted by Crippen LogP contribution is 2.38. The summed E-state index contributed by atoms with van der Waals surface area (Å²) in [6, 6.07) is 3.01. The van der Waals surface area contributed by atoms with E-state index in [0.29, 0.717) is 23.0 Å². The molecule has 126 valence electrons. The van der Waals surface area contributed by atoms with Gasteiger partial charge in [0.2, 0.25) is 5.75 Å². The number of rotatable bonds is 7. The van der Waals surface area contributed by atoms with Gasteiger partial charge in [-0.1, -0.05) is 0 Å². The standard InChI is InChI=1S/C15H21N3O5/c1-9(2)17-18-13(19)8-16-15(20)10-6-11(21-3)14(23-5)12(7-10)22-4/h6-7H,8H2,1-5H3,(H,16,20)(H,18,19). The molecule has 0 saturated heterocycles. The van der Waals surface area contributed by atoms with Crippen molar-refractivity contribution in [2.45, 2.75) is 13.8 Å². The van der Waals surface area contributed by atoms with Gasteiger partial charge in [0.1, 0.15) is 0 Å². The predicted molar refractivity (Wildman–Crippen MR) is 85.4 cm³/mol. The number of nitrogens with zero attached hydrogens (tertiary/aromatic N) is 1. The van der Waals surface area contributed by atoms with E-state index >= 15 is 0 Å². The van der Waals surface area contributed by atoms with Crippen molar-refractivity contribution in [3.05, 3.63) is 17.7 Å². The minimum Gasteiger partial charge on any atom is -0.493 e. The minimum atomic E-state index is -0.448. The number of hydrogen-bond acceptors (Lipinski definition) is 6. The van der Waals surface area contributed by atoms with Crippen molar-refractivity contribution in [3.8, 4) is 17.2 Å². The van der Waals surface area contributed by atoms with Crippen LogP contribution in [0, 0.1) is 0 Å². The van der Waals surface area contributed by atoms with Gasteiger partial charge in [-0.05, 0) is 26.0 Å². The minimum absolute atomic E-state index is 0.202. The summed E-state index contributed by atoms with van der Waals surface area (Å²) in [5.41, 5.74) is 3.30. The van der Waals surface area contributed by atoms with Crippen molar-refractivity contribution in [3.63, 3.8) is 0 Å². The number of ether oxygens (including phenoxy) is 3. The Balaban J connectivity index is 2.84. The molecule has 2 amide bonds. The van der Waals surface area contributed by atoms with E-state index < -0.39 is 11.8 Å². The number of hydrogen-bond donors (Lipinski definition) is 2. The van der Waals surface area contributed by atoms with Crippen LogP contribution >= 0.6 is 0 Å². The van der Waals surface area contributed by atoms with Crippen LogP contribution in [0.5, 0.6) is 17.2 Å². The topological polar surface area (TPSA) is 98.2 Å². The van der Waals surface area contributed by atoms with Crippen molar-refractivity contribution in [1.82, 2.24) is 10.7 Å². The normalized spacial score (nSPS) is 9.61. The Bertz CT molecular complexity index is 584. The van der Waals surface area contributed by atoms with Crippen LogP contribution in [0.2, 0.25) is 0 Å². The van der Waals surface area contributed by atoms with Crippen molar-refractivity contribution in [2.75, 3.05) is 27.9 Å². The lowest BCUT2D eigenvalue weighted by molar-refractivity contribution is -0.120. The lowest BCUT2D eigenvalue weighted by Gasteiger charge is -2.14. The molecule has 0 atom stereocenters. The predicted octanol–water partition coefficient (Wildman–Crippen LogP) is 0.954. The number of carbonyl (C=O) groups is 2. The molecule has 1 rings (SSSR count). The van der Waals surface area contributed by atoms with Crippen LogP contribution in [-0.2, 0) is 4.79 Å². The van der Waals surface area contributed by atoms with Gasteiger partial charge in [0.25, 0.3) is 11.8 Å². The van der Waals surface area contributed by atoms with Gasteiger partial charge in [0.05, 0.1) is 27.9 Å². The van der Waals surface area contributed by atoms with Crippen LogP contribution in [0.15, 0.2) is 17.2 Å². The third-order valence-electron chi connectivity index (χ3n) is 2.74. The molecule has 8 nitrogen and oxygen atoms in total. The molecule has 23 heavy (non-hydrogen) atoms. The van der Waals surface area contributed by atoms with Crippen molar-refractivity contribution in [2.24, 2.45) is 5.10 Å². The molecule has 0 aliphatic rings. The number of hydrazone groups is 1. The summed E-state index contributed by atoms with van der Waals surface area (Å²) in [7, 11) is 4.38. The summed E-state index contributed by atoms with van der Waals surface area (Å²) < 4.78 is 15.5. The van der Waals surface area contributed by atoms with Gasteiger partial charge >= 0.3 is 0 Å². The van der Waals surface area contributed by atoms with E-state index in [9.17, 15) is 9.59 Å². The number of nitrogens with one attached hydrogen (secondary N) is 2. The molecule has 0 aliphatic heterocycles. The van der Waals surface area contributed by atoms with Crippen molar-refractivity contribution < 1.29 is 23.8 Å². The summed E-state index contributed by atoms with van der Waals surface area (Å²) in [5, 5.41) is 6.25. The summed E-state index contributed by atoms with van der Waals surface area (Å²) in [6.07, 6.45) is 0. The summed E-state index contributed by atoms with van der Waals surface area (Å²) in [5.74, 6) is 0.223. The zero-order chi connectivity index (χ0) is 17.4. The number of carbonyl (C=O) groups excluding carboxylic acids is 2.